The molecular weight excluding hydrogens is 212 g/mol. The fraction of sp³-hybridized carbons (Fsp3) is 1.00. The molecule has 0 aromatic rings. The zero-order chi connectivity index (χ0) is 12.5. The van der Waals surface area contributed by atoms with Crippen LogP contribution >= 0.6 is 0 Å². The van der Waals surface area contributed by atoms with Crippen LogP contribution in [0.1, 0.15) is 47.0 Å². The van der Waals surface area contributed by atoms with E-state index in [1.807, 2.05) is 0 Å². The number of rotatable bonds is 3. The Balaban J connectivity index is 1.88. The summed E-state index contributed by atoms with van der Waals surface area (Å²) in [5.74, 6) is 0.787. The summed E-state index contributed by atoms with van der Waals surface area (Å²) in [5.41, 5.74) is 0.0266. The largest absolute Gasteiger partial charge is 0.359 e. The van der Waals surface area contributed by atoms with Crippen molar-refractivity contribution in [2.24, 2.45) is 5.92 Å². The molecule has 2 heterocycles. The van der Waals surface area contributed by atoms with Crippen molar-refractivity contribution in [1.82, 2.24) is 10.2 Å². The second-order valence-corrected chi connectivity index (χ2v) is 6.63. The van der Waals surface area contributed by atoms with E-state index < -0.39 is 0 Å². The zero-order valence-corrected chi connectivity index (χ0v) is 11.9. The highest BCUT2D eigenvalue weighted by Crippen LogP contribution is 2.31. The molecule has 100 valence electrons. The highest BCUT2D eigenvalue weighted by atomic mass is 16.5. The molecule has 0 saturated carbocycles. The molecule has 0 spiro atoms. The Labute approximate surface area is 106 Å². The summed E-state index contributed by atoms with van der Waals surface area (Å²) in [6.07, 6.45) is 3.85. The molecule has 3 heteroatoms. The predicted molar refractivity (Wildman–Crippen MR) is 71.0 cm³/mol. The van der Waals surface area contributed by atoms with Gasteiger partial charge in [0.1, 0.15) is 5.72 Å². The quantitative estimate of drug-likeness (QED) is 0.818. The van der Waals surface area contributed by atoms with E-state index in [0.29, 0.717) is 0 Å². The number of ether oxygens (including phenoxy) is 1. The van der Waals surface area contributed by atoms with Crippen molar-refractivity contribution < 1.29 is 4.74 Å². The molecule has 2 aliphatic heterocycles. The summed E-state index contributed by atoms with van der Waals surface area (Å²) in [4.78, 5) is 2.57. The fourth-order valence-corrected chi connectivity index (χ4v) is 3.39. The van der Waals surface area contributed by atoms with Crippen LogP contribution in [-0.4, -0.2) is 42.4 Å². The van der Waals surface area contributed by atoms with Gasteiger partial charge in [-0.3, -0.25) is 5.32 Å². The monoisotopic (exact) mass is 240 g/mol. The van der Waals surface area contributed by atoms with E-state index in [4.69, 9.17) is 4.74 Å². The van der Waals surface area contributed by atoms with Crippen molar-refractivity contribution in [3.05, 3.63) is 0 Å². The molecule has 0 aliphatic carbocycles. The number of piperidine rings is 1. The molecular formula is C14H28N2O. The van der Waals surface area contributed by atoms with E-state index in [0.717, 1.165) is 18.9 Å². The van der Waals surface area contributed by atoms with Crippen LogP contribution in [0.4, 0.5) is 0 Å². The molecule has 0 amide bonds. The predicted octanol–water partition coefficient (Wildman–Crippen LogP) is 2.22. The van der Waals surface area contributed by atoms with Crippen LogP contribution in [0.15, 0.2) is 0 Å². The fourth-order valence-electron chi connectivity index (χ4n) is 3.39. The van der Waals surface area contributed by atoms with Gasteiger partial charge in [0.25, 0.3) is 0 Å². The van der Waals surface area contributed by atoms with Gasteiger partial charge in [-0.05, 0) is 59.0 Å². The smallest absolute Gasteiger partial charge is 0.117 e. The van der Waals surface area contributed by atoms with E-state index in [1.165, 1.54) is 32.5 Å². The highest BCUT2D eigenvalue weighted by molar-refractivity contribution is 4.94. The van der Waals surface area contributed by atoms with Crippen LogP contribution < -0.4 is 5.32 Å². The first-order chi connectivity index (χ1) is 7.92. The minimum atomic E-state index is -0.106. The van der Waals surface area contributed by atoms with Crippen LogP contribution in [-0.2, 0) is 4.74 Å². The molecule has 0 radical (unpaired) electrons. The average Bonchev–Trinajstić information content (AvgIpc) is 2.53. The lowest BCUT2D eigenvalue weighted by Gasteiger charge is -2.36. The SMILES string of the molecule is CCN1CCCC(CC2(C)NC(C)(C)CO2)C1. The first kappa shape index (κ1) is 13.3. The second-order valence-electron chi connectivity index (χ2n) is 6.63. The Morgan fingerprint density at radius 1 is 1.35 bits per heavy atom. The number of nitrogens with zero attached hydrogens (tertiary/aromatic N) is 1. The van der Waals surface area contributed by atoms with E-state index in [9.17, 15) is 0 Å². The van der Waals surface area contributed by atoms with Crippen LogP contribution in [0.25, 0.3) is 0 Å². The Hall–Kier alpha value is -0.120. The lowest BCUT2D eigenvalue weighted by atomic mass is 9.90. The summed E-state index contributed by atoms with van der Waals surface area (Å²) in [5, 5.41) is 3.65. The van der Waals surface area contributed by atoms with Crippen molar-refractivity contribution in [3.8, 4) is 0 Å². The standard InChI is InChI=1S/C14H28N2O/c1-5-16-8-6-7-12(10-16)9-14(4)15-13(2,3)11-17-14/h12,15H,5-11H2,1-4H3. The molecule has 2 saturated heterocycles. The molecule has 0 aromatic heterocycles. The van der Waals surface area contributed by atoms with Crippen molar-refractivity contribution in [2.45, 2.75) is 58.2 Å². The number of likely N-dealkylation sites (tertiary alicyclic amines) is 1. The molecule has 2 rings (SSSR count). The second kappa shape index (κ2) is 4.87. The number of hydrogen-bond donors (Lipinski definition) is 1. The molecule has 2 atom stereocenters. The van der Waals surface area contributed by atoms with Crippen molar-refractivity contribution in [3.63, 3.8) is 0 Å². The topological polar surface area (TPSA) is 24.5 Å². The van der Waals surface area contributed by atoms with Crippen LogP contribution in [0.5, 0.6) is 0 Å². The number of nitrogens with one attached hydrogen (secondary N) is 1. The van der Waals surface area contributed by atoms with Crippen molar-refractivity contribution >= 4 is 0 Å². The molecule has 17 heavy (non-hydrogen) atoms. The van der Waals surface area contributed by atoms with E-state index in [-0.39, 0.29) is 11.3 Å². The van der Waals surface area contributed by atoms with Gasteiger partial charge in [-0.2, -0.15) is 0 Å². The average molecular weight is 240 g/mol. The van der Waals surface area contributed by atoms with Crippen LogP contribution in [0.3, 0.4) is 0 Å². The Kier molecular flexibility index (Phi) is 3.81. The van der Waals surface area contributed by atoms with E-state index in [1.54, 1.807) is 0 Å². The maximum atomic E-state index is 6.00. The van der Waals surface area contributed by atoms with Crippen LogP contribution in [0.2, 0.25) is 0 Å². The molecule has 0 aromatic carbocycles. The molecule has 1 N–H and O–H groups in total. The van der Waals surface area contributed by atoms with Gasteiger partial charge in [0, 0.05) is 12.1 Å². The van der Waals surface area contributed by atoms with E-state index >= 15 is 0 Å². The normalized spacial score (nSPS) is 38.5. The zero-order valence-electron chi connectivity index (χ0n) is 11.9. The summed E-state index contributed by atoms with van der Waals surface area (Å²) in [7, 11) is 0. The van der Waals surface area contributed by atoms with Gasteiger partial charge < -0.3 is 9.64 Å². The maximum Gasteiger partial charge on any atom is 0.117 e. The third kappa shape index (κ3) is 3.43. The van der Waals surface area contributed by atoms with Gasteiger partial charge in [-0.25, -0.2) is 0 Å². The summed E-state index contributed by atoms with van der Waals surface area (Å²) in [6, 6.07) is 0. The van der Waals surface area contributed by atoms with Crippen molar-refractivity contribution in [1.29, 1.82) is 0 Å². The third-order valence-electron chi connectivity index (χ3n) is 4.08. The lowest BCUT2D eigenvalue weighted by molar-refractivity contribution is -0.0223. The molecule has 2 aliphatic rings. The molecule has 3 nitrogen and oxygen atoms in total. The summed E-state index contributed by atoms with van der Waals surface area (Å²) in [6.45, 7) is 13.5. The maximum absolute atomic E-state index is 6.00. The Bertz CT molecular complexity index is 267. The Morgan fingerprint density at radius 2 is 2.12 bits per heavy atom. The molecule has 0 bridgehead atoms. The van der Waals surface area contributed by atoms with Gasteiger partial charge in [0.2, 0.25) is 0 Å². The minimum Gasteiger partial charge on any atom is -0.359 e. The van der Waals surface area contributed by atoms with Gasteiger partial charge in [-0.1, -0.05) is 6.92 Å². The lowest BCUT2D eigenvalue weighted by Crippen LogP contribution is -2.49. The van der Waals surface area contributed by atoms with E-state index in [2.05, 4.69) is 37.9 Å². The summed E-state index contributed by atoms with van der Waals surface area (Å²) < 4.78 is 6.00. The molecule has 2 fully saturated rings. The minimum absolute atomic E-state index is 0.106. The van der Waals surface area contributed by atoms with Gasteiger partial charge in [0.15, 0.2) is 0 Å². The first-order valence-corrected chi connectivity index (χ1v) is 7.08. The first-order valence-electron chi connectivity index (χ1n) is 7.08. The van der Waals surface area contributed by atoms with Gasteiger partial charge >= 0.3 is 0 Å². The highest BCUT2D eigenvalue weighted by Gasteiger charge is 2.41. The molecule has 2 unspecified atom stereocenters. The Morgan fingerprint density at radius 3 is 2.71 bits per heavy atom. The van der Waals surface area contributed by atoms with Crippen LogP contribution in [0, 0.1) is 5.92 Å². The summed E-state index contributed by atoms with van der Waals surface area (Å²) >= 11 is 0. The number of hydrogen-bond acceptors (Lipinski definition) is 3. The van der Waals surface area contributed by atoms with Crippen molar-refractivity contribution in [2.75, 3.05) is 26.2 Å². The van der Waals surface area contributed by atoms with Gasteiger partial charge in [0.05, 0.1) is 6.61 Å². The van der Waals surface area contributed by atoms with Gasteiger partial charge in [-0.15, -0.1) is 0 Å². The third-order valence-corrected chi connectivity index (χ3v) is 4.08.